The molecule has 12 heteroatoms. The van der Waals surface area contributed by atoms with Gasteiger partial charge < -0.3 is 20.3 Å². The lowest BCUT2D eigenvalue weighted by Crippen LogP contribution is -2.44. The van der Waals surface area contributed by atoms with E-state index in [-0.39, 0.29) is 42.7 Å². The molecule has 3 N–H and O–H groups in total. The number of nitrogens with one attached hydrogen (secondary N) is 1. The van der Waals surface area contributed by atoms with Crippen molar-refractivity contribution in [2.75, 3.05) is 6.61 Å². The predicted molar refractivity (Wildman–Crippen MR) is 179 cm³/mol. The largest absolute Gasteiger partial charge is 0.508 e. The molecule has 3 atom stereocenters. The van der Waals surface area contributed by atoms with Crippen LogP contribution in [0.15, 0.2) is 29.6 Å². The number of aromatic nitrogens is 1. The molecule has 1 aromatic carbocycles. The van der Waals surface area contributed by atoms with Gasteiger partial charge in [-0.15, -0.1) is 23.7 Å². The molecule has 258 valence electrons. The van der Waals surface area contributed by atoms with Crippen LogP contribution in [0.2, 0.25) is 0 Å². The standard InChI is InChI=1S/C35H49N3O8S/c1-8-10-12-18-45-38(31(41)13-11-9-2)29(23(3)4)20-30(46-24(5)39)33-37-28(22-47-33)32(42)36-26(21-35(6,7)34(43)44)19-25-14-16-27(40)17-15-25/h1,14-17,22-23,26,29-30,40H,9-13,18-21H2,2-7H3,(H,36,42)(H,43,44). The van der Waals surface area contributed by atoms with Crippen LogP contribution in [0.5, 0.6) is 5.75 Å². The minimum absolute atomic E-state index is 0.0766. The van der Waals surface area contributed by atoms with E-state index in [4.69, 9.17) is 16.0 Å². The normalized spacial score (nSPS) is 13.3. The first-order valence-corrected chi connectivity index (χ1v) is 16.9. The first-order chi connectivity index (χ1) is 22.2. The SMILES string of the molecule is C#CCCCON(C(=O)CCCC)C(CC(OC(C)=O)c1nc(C(=O)NC(Cc2ccc(O)cc2)CC(C)(C)C(=O)O)cs1)C(C)C. The molecule has 0 spiro atoms. The number of carboxylic acid groups (broad SMARTS) is 1. The zero-order valence-corrected chi connectivity index (χ0v) is 29.1. The molecular weight excluding hydrogens is 622 g/mol. The van der Waals surface area contributed by atoms with Gasteiger partial charge in [0.25, 0.3) is 5.91 Å². The predicted octanol–water partition coefficient (Wildman–Crippen LogP) is 6.07. The smallest absolute Gasteiger partial charge is 0.309 e. The van der Waals surface area contributed by atoms with Gasteiger partial charge in [0, 0.05) is 37.6 Å². The summed E-state index contributed by atoms with van der Waals surface area (Å²) in [6.45, 7) is 10.6. The van der Waals surface area contributed by atoms with Crippen LogP contribution in [-0.4, -0.2) is 62.7 Å². The Morgan fingerprint density at radius 1 is 1.15 bits per heavy atom. The number of aliphatic carboxylic acids is 1. The van der Waals surface area contributed by atoms with Crippen molar-refractivity contribution < 1.29 is 39.0 Å². The number of phenolic OH excluding ortho intramolecular Hbond substituents is 1. The molecule has 1 aromatic heterocycles. The van der Waals surface area contributed by atoms with Gasteiger partial charge in [-0.25, -0.2) is 10.0 Å². The lowest BCUT2D eigenvalue weighted by Gasteiger charge is -2.35. The van der Waals surface area contributed by atoms with Crippen molar-refractivity contribution in [2.24, 2.45) is 11.3 Å². The second-order valence-electron chi connectivity index (χ2n) is 12.6. The highest BCUT2D eigenvalue weighted by molar-refractivity contribution is 7.09. The maximum atomic E-state index is 13.5. The molecule has 0 saturated carbocycles. The molecule has 2 rings (SSSR count). The molecule has 0 radical (unpaired) electrons. The summed E-state index contributed by atoms with van der Waals surface area (Å²) in [5, 5.41) is 25.7. The maximum Gasteiger partial charge on any atom is 0.309 e. The Morgan fingerprint density at radius 2 is 1.83 bits per heavy atom. The Kier molecular flexibility index (Phi) is 15.9. The van der Waals surface area contributed by atoms with Crippen molar-refractivity contribution in [3.63, 3.8) is 0 Å². The number of hydrogen-bond donors (Lipinski definition) is 3. The highest BCUT2D eigenvalue weighted by atomic mass is 32.1. The lowest BCUT2D eigenvalue weighted by molar-refractivity contribution is -0.210. The van der Waals surface area contributed by atoms with Gasteiger partial charge in [0.15, 0.2) is 6.10 Å². The minimum Gasteiger partial charge on any atom is -0.508 e. The van der Waals surface area contributed by atoms with Gasteiger partial charge >= 0.3 is 11.9 Å². The second kappa shape index (κ2) is 19.0. The molecule has 3 unspecified atom stereocenters. The van der Waals surface area contributed by atoms with Gasteiger partial charge in [0.2, 0.25) is 5.91 Å². The number of nitrogens with zero attached hydrogens (tertiary/aromatic N) is 2. The summed E-state index contributed by atoms with van der Waals surface area (Å²) in [6.07, 6.45) is 8.11. The molecule has 47 heavy (non-hydrogen) atoms. The number of unbranched alkanes of at least 4 members (excludes halogenated alkanes) is 2. The van der Waals surface area contributed by atoms with Crippen LogP contribution in [0.25, 0.3) is 0 Å². The molecule has 0 aliphatic rings. The number of thiazole rings is 1. The van der Waals surface area contributed by atoms with Gasteiger partial charge in [-0.3, -0.25) is 24.0 Å². The summed E-state index contributed by atoms with van der Waals surface area (Å²) < 4.78 is 5.70. The zero-order chi connectivity index (χ0) is 35.1. The number of rotatable bonds is 20. The van der Waals surface area contributed by atoms with E-state index in [0.717, 1.165) is 23.3 Å². The van der Waals surface area contributed by atoms with Crippen molar-refractivity contribution in [3.8, 4) is 18.1 Å². The molecule has 0 aliphatic heterocycles. The van der Waals surface area contributed by atoms with Gasteiger partial charge in [0.1, 0.15) is 16.5 Å². The molecule has 2 aromatic rings. The molecule has 2 amide bonds. The number of amides is 2. The number of aromatic hydroxyl groups is 1. The van der Waals surface area contributed by atoms with Gasteiger partial charge in [-0.2, -0.15) is 0 Å². The monoisotopic (exact) mass is 671 g/mol. The van der Waals surface area contributed by atoms with Gasteiger partial charge in [-0.05, 0) is 63.1 Å². The number of carbonyl (C=O) groups excluding carboxylic acids is 3. The molecule has 0 saturated heterocycles. The maximum absolute atomic E-state index is 13.5. The molecule has 0 bridgehead atoms. The van der Waals surface area contributed by atoms with E-state index in [1.165, 1.54) is 24.1 Å². The van der Waals surface area contributed by atoms with E-state index in [9.17, 15) is 29.4 Å². The third-order valence-corrected chi connectivity index (χ3v) is 8.58. The topological polar surface area (TPSA) is 155 Å². The third kappa shape index (κ3) is 13.0. The first kappa shape index (κ1) is 39.2. The summed E-state index contributed by atoms with van der Waals surface area (Å²) in [4.78, 5) is 61.4. The summed E-state index contributed by atoms with van der Waals surface area (Å²) in [7, 11) is 0. The Hall–Kier alpha value is -3.95. The lowest BCUT2D eigenvalue weighted by atomic mass is 9.84. The molecule has 1 heterocycles. The Labute approximate surface area is 282 Å². The molecule has 0 fully saturated rings. The average molecular weight is 672 g/mol. The fourth-order valence-corrected chi connectivity index (χ4v) is 5.82. The Bertz CT molecular complexity index is 1370. The van der Waals surface area contributed by atoms with E-state index < -0.39 is 41.4 Å². The van der Waals surface area contributed by atoms with Crippen LogP contribution in [0, 0.1) is 23.7 Å². The van der Waals surface area contributed by atoms with Crippen molar-refractivity contribution >= 4 is 35.1 Å². The van der Waals surface area contributed by atoms with E-state index in [2.05, 4.69) is 16.2 Å². The van der Waals surface area contributed by atoms with Crippen molar-refractivity contribution in [2.45, 2.75) is 111 Å². The molecule has 11 nitrogen and oxygen atoms in total. The van der Waals surface area contributed by atoms with Gasteiger partial charge in [0.05, 0.1) is 18.1 Å². The van der Waals surface area contributed by atoms with Crippen LogP contribution in [0.1, 0.15) is 114 Å². The molecular formula is C35H49N3O8S. The number of carbonyl (C=O) groups is 4. The Balaban J connectivity index is 2.34. The first-order valence-electron chi connectivity index (χ1n) is 16.0. The fraction of sp³-hybridized carbons (Fsp3) is 0.571. The van der Waals surface area contributed by atoms with E-state index in [1.807, 2.05) is 20.8 Å². The number of esters is 1. The zero-order valence-electron chi connectivity index (χ0n) is 28.3. The van der Waals surface area contributed by atoms with Crippen LogP contribution in [-0.2, 0) is 30.4 Å². The summed E-state index contributed by atoms with van der Waals surface area (Å²) in [5.41, 5.74) is -0.228. The van der Waals surface area contributed by atoms with Gasteiger partial charge in [-0.1, -0.05) is 39.3 Å². The van der Waals surface area contributed by atoms with Crippen LogP contribution < -0.4 is 5.32 Å². The number of hydroxylamine groups is 2. The highest BCUT2D eigenvalue weighted by Crippen LogP contribution is 2.32. The number of benzene rings is 1. The number of terminal acetylenes is 1. The highest BCUT2D eigenvalue weighted by Gasteiger charge is 2.34. The summed E-state index contributed by atoms with van der Waals surface area (Å²) in [6, 6.07) is 5.46. The third-order valence-electron chi connectivity index (χ3n) is 7.64. The number of hydrogen-bond acceptors (Lipinski definition) is 9. The average Bonchev–Trinajstić information content (AvgIpc) is 3.50. The van der Waals surface area contributed by atoms with E-state index in [0.29, 0.717) is 37.1 Å². The number of carboxylic acids is 1. The fourth-order valence-electron chi connectivity index (χ4n) is 4.98. The van der Waals surface area contributed by atoms with E-state index in [1.54, 1.807) is 31.4 Å². The van der Waals surface area contributed by atoms with Crippen molar-refractivity contribution in [1.82, 2.24) is 15.4 Å². The van der Waals surface area contributed by atoms with E-state index >= 15 is 0 Å². The number of phenols is 1. The number of ether oxygens (including phenoxy) is 1. The quantitative estimate of drug-likeness (QED) is 0.0658. The second-order valence-corrected chi connectivity index (χ2v) is 13.5. The van der Waals surface area contributed by atoms with Crippen LogP contribution >= 0.6 is 11.3 Å². The summed E-state index contributed by atoms with van der Waals surface area (Å²) >= 11 is 1.15. The van der Waals surface area contributed by atoms with Crippen molar-refractivity contribution in [3.05, 3.63) is 45.9 Å². The van der Waals surface area contributed by atoms with Crippen LogP contribution in [0.3, 0.4) is 0 Å². The Morgan fingerprint density at radius 3 is 2.40 bits per heavy atom. The van der Waals surface area contributed by atoms with Crippen molar-refractivity contribution in [1.29, 1.82) is 0 Å². The molecule has 0 aliphatic carbocycles. The van der Waals surface area contributed by atoms with Crippen LogP contribution in [0.4, 0.5) is 0 Å². The minimum atomic E-state index is -1.13. The summed E-state index contributed by atoms with van der Waals surface area (Å²) in [5.74, 6) is 0.379.